The first-order valence-electron chi connectivity index (χ1n) is 6.33. The van der Waals surface area contributed by atoms with Crippen LogP contribution in [0.5, 0.6) is 0 Å². The topological polar surface area (TPSA) is 62.2 Å². The number of nitrogens with zero attached hydrogens (tertiary/aromatic N) is 1. The Bertz CT molecular complexity index is 668. The summed E-state index contributed by atoms with van der Waals surface area (Å²) in [6.07, 6.45) is 0. The zero-order valence-electron chi connectivity index (χ0n) is 11.7. The SMILES string of the molecule is Cc1nc2cc(F)ccc2cc1C(=O)NC(C)(C)CO. The van der Waals surface area contributed by atoms with Crippen LogP contribution in [0.2, 0.25) is 0 Å². The molecule has 0 saturated heterocycles. The van der Waals surface area contributed by atoms with Crippen LogP contribution in [0.3, 0.4) is 0 Å². The number of aromatic nitrogens is 1. The lowest BCUT2D eigenvalue weighted by Crippen LogP contribution is -2.46. The number of benzene rings is 1. The van der Waals surface area contributed by atoms with Crippen molar-refractivity contribution in [2.75, 3.05) is 6.61 Å². The molecule has 0 saturated carbocycles. The van der Waals surface area contributed by atoms with Crippen molar-refractivity contribution >= 4 is 16.8 Å². The Labute approximate surface area is 116 Å². The van der Waals surface area contributed by atoms with Crippen LogP contribution in [0.25, 0.3) is 10.9 Å². The highest BCUT2D eigenvalue weighted by Gasteiger charge is 2.21. The fourth-order valence-corrected chi connectivity index (χ4v) is 1.88. The Morgan fingerprint density at radius 1 is 1.40 bits per heavy atom. The van der Waals surface area contributed by atoms with Gasteiger partial charge in [-0.1, -0.05) is 0 Å². The fourth-order valence-electron chi connectivity index (χ4n) is 1.88. The van der Waals surface area contributed by atoms with Gasteiger partial charge in [-0.25, -0.2) is 4.39 Å². The van der Waals surface area contributed by atoms with Gasteiger partial charge in [0.05, 0.1) is 28.9 Å². The highest BCUT2D eigenvalue weighted by atomic mass is 19.1. The van der Waals surface area contributed by atoms with Gasteiger partial charge in [-0.3, -0.25) is 9.78 Å². The first-order valence-corrected chi connectivity index (χ1v) is 6.33. The number of amides is 1. The minimum atomic E-state index is -0.707. The summed E-state index contributed by atoms with van der Waals surface area (Å²) in [5, 5.41) is 12.6. The summed E-state index contributed by atoms with van der Waals surface area (Å²) in [5.74, 6) is -0.664. The van der Waals surface area contributed by atoms with E-state index in [1.165, 1.54) is 12.1 Å². The normalized spacial score (nSPS) is 11.7. The maximum absolute atomic E-state index is 13.1. The lowest BCUT2D eigenvalue weighted by atomic mass is 10.0. The van der Waals surface area contributed by atoms with Gasteiger partial charge in [0, 0.05) is 11.5 Å². The monoisotopic (exact) mass is 276 g/mol. The molecule has 2 rings (SSSR count). The van der Waals surface area contributed by atoms with Gasteiger partial charge in [0.2, 0.25) is 0 Å². The molecule has 1 aromatic carbocycles. The molecule has 2 N–H and O–H groups in total. The molecule has 0 atom stereocenters. The van der Waals surface area contributed by atoms with Crippen LogP contribution in [-0.2, 0) is 0 Å². The average Bonchev–Trinajstić information content (AvgIpc) is 2.37. The van der Waals surface area contributed by atoms with Gasteiger partial charge in [0.1, 0.15) is 5.82 Å². The number of nitrogens with one attached hydrogen (secondary N) is 1. The van der Waals surface area contributed by atoms with Gasteiger partial charge >= 0.3 is 0 Å². The molecule has 0 unspecified atom stereocenters. The van der Waals surface area contributed by atoms with Gasteiger partial charge in [0.25, 0.3) is 5.91 Å². The van der Waals surface area contributed by atoms with E-state index in [0.717, 1.165) is 0 Å². The molecule has 0 fully saturated rings. The predicted octanol–water partition coefficient (Wildman–Crippen LogP) is 2.18. The number of carbonyl (C=O) groups is 1. The number of hydrogen-bond donors (Lipinski definition) is 2. The van der Waals surface area contributed by atoms with Gasteiger partial charge < -0.3 is 10.4 Å². The van der Waals surface area contributed by atoms with E-state index >= 15 is 0 Å². The van der Waals surface area contributed by atoms with Crippen molar-refractivity contribution in [3.8, 4) is 0 Å². The van der Waals surface area contributed by atoms with E-state index in [9.17, 15) is 14.3 Å². The summed E-state index contributed by atoms with van der Waals surface area (Å²) in [7, 11) is 0. The third-order valence-electron chi connectivity index (χ3n) is 3.06. The molecule has 4 nitrogen and oxygen atoms in total. The molecule has 1 amide bonds. The number of carbonyl (C=O) groups excluding carboxylic acids is 1. The van der Waals surface area contributed by atoms with E-state index in [1.807, 2.05) is 0 Å². The molecule has 0 bridgehead atoms. The van der Waals surface area contributed by atoms with E-state index < -0.39 is 5.54 Å². The number of aliphatic hydroxyl groups excluding tert-OH is 1. The Hall–Kier alpha value is -2.01. The Balaban J connectivity index is 2.42. The number of hydrogen-bond acceptors (Lipinski definition) is 3. The van der Waals surface area contributed by atoms with Crippen LogP contribution in [0.4, 0.5) is 4.39 Å². The third-order valence-corrected chi connectivity index (χ3v) is 3.06. The van der Waals surface area contributed by atoms with E-state index in [1.54, 1.807) is 32.9 Å². The van der Waals surface area contributed by atoms with Gasteiger partial charge in [0.15, 0.2) is 0 Å². The molecular formula is C15H17FN2O2. The Kier molecular flexibility index (Phi) is 3.72. The lowest BCUT2D eigenvalue weighted by molar-refractivity contribution is 0.0868. The fraction of sp³-hybridized carbons (Fsp3) is 0.333. The van der Waals surface area contributed by atoms with Crippen molar-refractivity contribution in [2.24, 2.45) is 0 Å². The first-order chi connectivity index (χ1) is 9.32. The first kappa shape index (κ1) is 14.4. The third kappa shape index (κ3) is 2.93. The van der Waals surface area contributed by atoms with E-state index in [-0.39, 0.29) is 18.3 Å². The molecule has 1 aromatic heterocycles. The van der Waals surface area contributed by atoms with Crippen LogP contribution in [0.15, 0.2) is 24.3 Å². The standard InChI is InChI=1S/C15H17FN2O2/c1-9-12(14(20)18-15(2,3)8-19)6-10-4-5-11(16)7-13(10)17-9/h4-7,19H,8H2,1-3H3,(H,18,20). The highest BCUT2D eigenvalue weighted by Crippen LogP contribution is 2.18. The summed E-state index contributed by atoms with van der Waals surface area (Å²) in [5.41, 5.74) is 0.752. The van der Waals surface area contributed by atoms with Crippen molar-refractivity contribution in [2.45, 2.75) is 26.3 Å². The van der Waals surface area contributed by atoms with Crippen molar-refractivity contribution in [1.82, 2.24) is 10.3 Å². The molecule has 0 radical (unpaired) electrons. The molecular weight excluding hydrogens is 259 g/mol. The highest BCUT2D eigenvalue weighted by molar-refractivity contribution is 5.99. The van der Waals surface area contributed by atoms with Crippen molar-refractivity contribution in [1.29, 1.82) is 0 Å². The number of aryl methyl sites for hydroxylation is 1. The summed E-state index contributed by atoms with van der Waals surface area (Å²) < 4.78 is 13.1. The second-order valence-corrected chi connectivity index (χ2v) is 5.45. The number of halogens is 1. The van der Waals surface area contributed by atoms with Crippen LogP contribution in [0, 0.1) is 12.7 Å². The Morgan fingerprint density at radius 2 is 2.10 bits per heavy atom. The van der Waals surface area contributed by atoms with E-state index in [0.29, 0.717) is 22.2 Å². The van der Waals surface area contributed by atoms with Crippen LogP contribution < -0.4 is 5.32 Å². The maximum Gasteiger partial charge on any atom is 0.253 e. The largest absolute Gasteiger partial charge is 0.394 e. The average molecular weight is 276 g/mol. The number of pyridine rings is 1. The summed E-state index contributed by atoms with van der Waals surface area (Å²) in [6, 6.07) is 5.94. The zero-order valence-corrected chi connectivity index (χ0v) is 11.7. The molecule has 0 aliphatic carbocycles. The van der Waals surface area contributed by atoms with Crippen LogP contribution in [0.1, 0.15) is 29.9 Å². The molecule has 106 valence electrons. The van der Waals surface area contributed by atoms with Crippen LogP contribution in [-0.4, -0.2) is 28.1 Å². The summed E-state index contributed by atoms with van der Waals surface area (Å²) in [6.45, 7) is 4.99. The number of aliphatic hydroxyl groups is 1. The molecule has 20 heavy (non-hydrogen) atoms. The summed E-state index contributed by atoms with van der Waals surface area (Å²) in [4.78, 5) is 16.5. The summed E-state index contributed by atoms with van der Waals surface area (Å²) >= 11 is 0. The zero-order chi connectivity index (χ0) is 14.9. The van der Waals surface area contributed by atoms with Gasteiger partial charge in [-0.15, -0.1) is 0 Å². The molecule has 2 aromatic rings. The molecule has 0 aliphatic rings. The van der Waals surface area contributed by atoms with Crippen molar-refractivity contribution < 1.29 is 14.3 Å². The second-order valence-electron chi connectivity index (χ2n) is 5.45. The van der Waals surface area contributed by atoms with Gasteiger partial charge in [-0.2, -0.15) is 0 Å². The van der Waals surface area contributed by atoms with E-state index in [2.05, 4.69) is 10.3 Å². The number of fused-ring (bicyclic) bond motifs is 1. The van der Waals surface area contributed by atoms with Gasteiger partial charge in [-0.05, 0) is 39.0 Å². The predicted molar refractivity (Wildman–Crippen MR) is 75.1 cm³/mol. The minimum absolute atomic E-state index is 0.163. The molecule has 5 heteroatoms. The maximum atomic E-state index is 13.1. The van der Waals surface area contributed by atoms with Crippen molar-refractivity contribution in [3.63, 3.8) is 0 Å². The van der Waals surface area contributed by atoms with Crippen LogP contribution >= 0.6 is 0 Å². The minimum Gasteiger partial charge on any atom is -0.394 e. The Morgan fingerprint density at radius 3 is 2.75 bits per heavy atom. The second kappa shape index (κ2) is 5.17. The lowest BCUT2D eigenvalue weighted by Gasteiger charge is -2.23. The molecule has 0 aliphatic heterocycles. The number of rotatable bonds is 3. The quantitative estimate of drug-likeness (QED) is 0.903. The van der Waals surface area contributed by atoms with Crippen molar-refractivity contribution in [3.05, 3.63) is 41.3 Å². The molecule has 0 spiro atoms. The van der Waals surface area contributed by atoms with E-state index in [4.69, 9.17) is 0 Å². The smallest absolute Gasteiger partial charge is 0.253 e. The molecule has 1 heterocycles.